The molecule has 1 atom stereocenters. The summed E-state index contributed by atoms with van der Waals surface area (Å²) in [4.78, 5) is 14.0. The minimum Gasteiger partial charge on any atom is -0.344 e. The molecule has 3 nitrogen and oxygen atoms in total. The molecule has 1 aromatic carbocycles. The summed E-state index contributed by atoms with van der Waals surface area (Å²) in [5, 5.41) is 0. The van der Waals surface area contributed by atoms with Gasteiger partial charge >= 0.3 is 0 Å². The van der Waals surface area contributed by atoms with Crippen LogP contribution in [0.2, 0.25) is 0 Å². The van der Waals surface area contributed by atoms with Crippen molar-refractivity contribution in [3.05, 3.63) is 35.9 Å². The molecule has 0 aromatic heterocycles. The number of carbonyl (C=O) groups excluding carboxylic acids is 1. The standard InChI is InChI=1S/C16H26N2O.ClH/c1-4-12-16(2,17)15(19)18(3)13-8-11-14-9-6-5-7-10-14;/h5-7,9-10H,4,8,11-13,17H2,1-3H3;1H. The zero-order chi connectivity index (χ0) is 14.3. The lowest BCUT2D eigenvalue weighted by molar-refractivity contribution is -0.135. The third kappa shape index (κ3) is 5.93. The average molecular weight is 299 g/mol. The molecule has 0 heterocycles. The van der Waals surface area contributed by atoms with Gasteiger partial charge in [-0.3, -0.25) is 4.79 Å². The Labute approximate surface area is 128 Å². The van der Waals surface area contributed by atoms with Crippen molar-refractivity contribution in [2.45, 2.75) is 45.1 Å². The molecule has 0 bridgehead atoms. The number of aryl methyl sites for hydroxylation is 1. The van der Waals surface area contributed by atoms with Crippen LogP contribution in [-0.2, 0) is 11.2 Å². The molecule has 0 aliphatic heterocycles. The van der Waals surface area contributed by atoms with Crippen LogP contribution in [0.5, 0.6) is 0 Å². The lowest BCUT2D eigenvalue weighted by Gasteiger charge is -2.29. The van der Waals surface area contributed by atoms with Gasteiger partial charge in [0.2, 0.25) is 5.91 Å². The van der Waals surface area contributed by atoms with Crippen molar-refractivity contribution in [1.29, 1.82) is 0 Å². The molecule has 1 unspecified atom stereocenters. The van der Waals surface area contributed by atoms with E-state index in [0.29, 0.717) is 0 Å². The Morgan fingerprint density at radius 1 is 1.30 bits per heavy atom. The maximum Gasteiger partial charge on any atom is 0.242 e. The van der Waals surface area contributed by atoms with Gasteiger partial charge in [-0.2, -0.15) is 0 Å². The molecule has 0 radical (unpaired) electrons. The van der Waals surface area contributed by atoms with E-state index >= 15 is 0 Å². The molecule has 1 amide bonds. The summed E-state index contributed by atoms with van der Waals surface area (Å²) in [6.45, 7) is 4.63. The Kier molecular flexibility index (Phi) is 8.51. The number of nitrogens with zero attached hydrogens (tertiary/aromatic N) is 1. The second-order valence-electron chi connectivity index (χ2n) is 5.48. The Balaban J connectivity index is 0.00000361. The van der Waals surface area contributed by atoms with Crippen molar-refractivity contribution in [3.8, 4) is 0 Å². The third-order valence-corrected chi connectivity index (χ3v) is 3.41. The molecule has 1 rings (SSSR count). The number of nitrogens with two attached hydrogens (primary N) is 1. The number of amides is 1. The molecule has 0 saturated heterocycles. The predicted molar refractivity (Wildman–Crippen MR) is 87.1 cm³/mol. The van der Waals surface area contributed by atoms with Crippen molar-refractivity contribution in [1.82, 2.24) is 4.90 Å². The van der Waals surface area contributed by atoms with Crippen LogP contribution in [0.15, 0.2) is 30.3 Å². The topological polar surface area (TPSA) is 46.3 Å². The Bertz CT molecular complexity index is 393. The maximum absolute atomic E-state index is 12.2. The molecule has 0 saturated carbocycles. The van der Waals surface area contributed by atoms with E-state index in [9.17, 15) is 4.79 Å². The molecule has 0 fully saturated rings. The highest BCUT2D eigenvalue weighted by Gasteiger charge is 2.29. The number of rotatable bonds is 7. The Morgan fingerprint density at radius 2 is 1.90 bits per heavy atom. The second-order valence-corrected chi connectivity index (χ2v) is 5.48. The van der Waals surface area contributed by atoms with E-state index in [1.807, 2.05) is 39.1 Å². The van der Waals surface area contributed by atoms with Crippen LogP contribution in [0.4, 0.5) is 0 Å². The molecule has 114 valence electrons. The van der Waals surface area contributed by atoms with Gasteiger partial charge in [0.25, 0.3) is 0 Å². The van der Waals surface area contributed by atoms with Gasteiger partial charge < -0.3 is 10.6 Å². The Hall–Kier alpha value is -1.06. The molecule has 0 aliphatic carbocycles. The predicted octanol–water partition coefficient (Wildman–Crippen LogP) is 3.02. The molecule has 0 aliphatic rings. The quantitative estimate of drug-likeness (QED) is 0.841. The van der Waals surface area contributed by atoms with Crippen molar-refractivity contribution in [2.24, 2.45) is 5.73 Å². The van der Waals surface area contributed by atoms with Gasteiger partial charge in [-0.05, 0) is 31.7 Å². The van der Waals surface area contributed by atoms with Crippen molar-refractivity contribution >= 4 is 18.3 Å². The number of hydrogen-bond acceptors (Lipinski definition) is 2. The number of halogens is 1. The van der Waals surface area contributed by atoms with Gasteiger partial charge in [0, 0.05) is 13.6 Å². The number of likely N-dealkylation sites (N-methyl/N-ethyl adjacent to an activating group) is 1. The number of benzene rings is 1. The van der Waals surface area contributed by atoms with E-state index in [0.717, 1.165) is 32.2 Å². The third-order valence-electron chi connectivity index (χ3n) is 3.41. The van der Waals surface area contributed by atoms with Crippen molar-refractivity contribution in [2.75, 3.05) is 13.6 Å². The zero-order valence-electron chi connectivity index (χ0n) is 12.8. The van der Waals surface area contributed by atoms with E-state index in [1.54, 1.807) is 4.90 Å². The largest absolute Gasteiger partial charge is 0.344 e. The molecule has 20 heavy (non-hydrogen) atoms. The van der Waals surface area contributed by atoms with E-state index in [-0.39, 0.29) is 18.3 Å². The van der Waals surface area contributed by atoms with E-state index in [4.69, 9.17) is 5.73 Å². The van der Waals surface area contributed by atoms with Crippen LogP contribution in [0, 0.1) is 0 Å². The average Bonchev–Trinajstić information content (AvgIpc) is 2.39. The first-order chi connectivity index (χ1) is 8.97. The normalized spacial score (nSPS) is 13.2. The SMILES string of the molecule is CCCC(C)(N)C(=O)N(C)CCCc1ccccc1.Cl. The summed E-state index contributed by atoms with van der Waals surface area (Å²) in [6.07, 6.45) is 3.62. The van der Waals surface area contributed by atoms with E-state index in [2.05, 4.69) is 12.1 Å². The Morgan fingerprint density at radius 3 is 2.45 bits per heavy atom. The zero-order valence-corrected chi connectivity index (χ0v) is 13.6. The van der Waals surface area contributed by atoms with Gasteiger partial charge in [-0.1, -0.05) is 43.7 Å². The summed E-state index contributed by atoms with van der Waals surface area (Å²) < 4.78 is 0. The van der Waals surface area contributed by atoms with Crippen molar-refractivity contribution in [3.63, 3.8) is 0 Å². The summed E-state index contributed by atoms with van der Waals surface area (Å²) >= 11 is 0. The fourth-order valence-corrected chi connectivity index (χ4v) is 2.33. The number of hydrogen-bond donors (Lipinski definition) is 1. The minimum absolute atomic E-state index is 0. The summed E-state index contributed by atoms with van der Waals surface area (Å²) in [5.74, 6) is 0.0439. The van der Waals surface area contributed by atoms with Gasteiger partial charge in [0.05, 0.1) is 5.54 Å². The summed E-state index contributed by atoms with van der Waals surface area (Å²) in [7, 11) is 1.84. The second kappa shape index (κ2) is 8.98. The maximum atomic E-state index is 12.2. The molecule has 1 aromatic rings. The first-order valence-electron chi connectivity index (χ1n) is 7.05. The molecule has 0 spiro atoms. The van der Waals surface area contributed by atoms with Crippen LogP contribution in [-0.4, -0.2) is 29.9 Å². The van der Waals surface area contributed by atoms with Crippen LogP contribution >= 0.6 is 12.4 Å². The fraction of sp³-hybridized carbons (Fsp3) is 0.562. The minimum atomic E-state index is -0.726. The summed E-state index contributed by atoms with van der Waals surface area (Å²) in [6, 6.07) is 10.3. The lowest BCUT2D eigenvalue weighted by atomic mass is 9.96. The lowest BCUT2D eigenvalue weighted by Crippen LogP contribution is -2.52. The van der Waals surface area contributed by atoms with Crippen LogP contribution in [0.25, 0.3) is 0 Å². The molecule has 2 N–H and O–H groups in total. The molecule has 4 heteroatoms. The van der Waals surface area contributed by atoms with Gasteiger partial charge in [0.1, 0.15) is 0 Å². The smallest absolute Gasteiger partial charge is 0.242 e. The van der Waals surface area contributed by atoms with Gasteiger partial charge in [-0.15, -0.1) is 12.4 Å². The first-order valence-corrected chi connectivity index (χ1v) is 7.05. The molecular formula is C16H27ClN2O. The van der Waals surface area contributed by atoms with Crippen LogP contribution in [0.3, 0.4) is 0 Å². The van der Waals surface area contributed by atoms with Crippen LogP contribution in [0.1, 0.15) is 38.7 Å². The summed E-state index contributed by atoms with van der Waals surface area (Å²) in [5.41, 5.74) is 6.65. The van der Waals surface area contributed by atoms with Crippen molar-refractivity contribution < 1.29 is 4.79 Å². The molecular weight excluding hydrogens is 272 g/mol. The highest BCUT2D eigenvalue weighted by atomic mass is 35.5. The number of carbonyl (C=O) groups is 1. The van der Waals surface area contributed by atoms with Gasteiger partial charge in [0.15, 0.2) is 0 Å². The van der Waals surface area contributed by atoms with E-state index < -0.39 is 5.54 Å². The van der Waals surface area contributed by atoms with E-state index in [1.165, 1.54) is 5.56 Å². The van der Waals surface area contributed by atoms with Gasteiger partial charge in [-0.25, -0.2) is 0 Å². The first kappa shape index (κ1) is 18.9. The monoisotopic (exact) mass is 298 g/mol. The van der Waals surface area contributed by atoms with Crippen LogP contribution < -0.4 is 5.73 Å². The fourth-order valence-electron chi connectivity index (χ4n) is 2.33. The highest BCUT2D eigenvalue weighted by Crippen LogP contribution is 2.12. The highest BCUT2D eigenvalue weighted by molar-refractivity contribution is 5.85.